The van der Waals surface area contributed by atoms with Gasteiger partial charge in [0.1, 0.15) is 12.4 Å². The minimum atomic E-state index is 0.288. The first-order valence-electron chi connectivity index (χ1n) is 7.21. The fourth-order valence-corrected chi connectivity index (χ4v) is 2.06. The predicted molar refractivity (Wildman–Crippen MR) is 77.4 cm³/mol. The van der Waals surface area contributed by atoms with Gasteiger partial charge >= 0.3 is 0 Å². The van der Waals surface area contributed by atoms with E-state index in [4.69, 9.17) is 14.2 Å². The molecule has 1 heterocycles. The fourth-order valence-electron chi connectivity index (χ4n) is 2.06. The summed E-state index contributed by atoms with van der Waals surface area (Å²) in [5.74, 6) is 2.42. The van der Waals surface area contributed by atoms with Crippen molar-refractivity contribution in [3.63, 3.8) is 0 Å². The smallest absolute Gasteiger partial charge is 0.231 e. The Kier molecular flexibility index (Phi) is 3.83. The fraction of sp³-hybridized carbons (Fsp3) is 0.500. The zero-order valence-electron chi connectivity index (χ0n) is 11.9. The average Bonchev–Trinajstić information content (AvgIpc) is 3.19. The molecule has 108 valence electrons. The summed E-state index contributed by atoms with van der Waals surface area (Å²) in [5.41, 5.74) is 2.20. The summed E-state index contributed by atoms with van der Waals surface area (Å²) < 4.78 is 16.8. The van der Waals surface area contributed by atoms with Crippen LogP contribution >= 0.6 is 0 Å². The molecule has 20 heavy (non-hydrogen) atoms. The van der Waals surface area contributed by atoms with Crippen molar-refractivity contribution in [3.05, 3.63) is 29.8 Å². The molecule has 0 aromatic heterocycles. The zero-order valence-corrected chi connectivity index (χ0v) is 11.9. The molecular weight excluding hydrogens is 254 g/mol. The van der Waals surface area contributed by atoms with Crippen LogP contribution in [0.3, 0.4) is 0 Å². The maximum atomic E-state index is 5.89. The van der Waals surface area contributed by atoms with E-state index in [9.17, 15) is 0 Å². The molecule has 4 heteroatoms. The highest BCUT2D eigenvalue weighted by Crippen LogP contribution is 2.38. The van der Waals surface area contributed by atoms with Gasteiger partial charge in [0, 0.05) is 24.2 Å². The lowest BCUT2D eigenvalue weighted by atomic mass is 10.1. The molecule has 0 radical (unpaired) electrons. The Labute approximate surface area is 119 Å². The summed E-state index contributed by atoms with van der Waals surface area (Å²) in [6.07, 6.45) is 3.47. The van der Waals surface area contributed by atoms with Crippen LogP contribution in [0.2, 0.25) is 0 Å². The monoisotopic (exact) mass is 275 g/mol. The molecule has 1 aliphatic carbocycles. The topological polar surface area (TPSA) is 39.7 Å². The average molecular weight is 275 g/mol. The number of benzene rings is 1. The Morgan fingerprint density at radius 1 is 1.35 bits per heavy atom. The van der Waals surface area contributed by atoms with Gasteiger partial charge in [0.05, 0.1) is 0 Å². The van der Waals surface area contributed by atoms with Crippen LogP contribution in [-0.4, -0.2) is 19.4 Å². The van der Waals surface area contributed by atoms with Gasteiger partial charge in [-0.3, -0.25) is 0 Å². The Morgan fingerprint density at radius 2 is 2.10 bits per heavy atom. The third kappa shape index (κ3) is 3.07. The molecule has 0 saturated heterocycles. The van der Waals surface area contributed by atoms with Gasteiger partial charge < -0.3 is 19.5 Å². The molecule has 4 nitrogen and oxygen atoms in total. The van der Waals surface area contributed by atoms with Gasteiger partial charge in [-0.15, -0.1) is 0 Å². The van der Waals surface area contributed by atoms with Gasteiger partial charge in [0.2, 0.25) is 6.79 Å². The summed E-state index contributed by atoms with van der Waals surface area (Å²) in [4.78, 5) is 0. The van der Waals surface area contributed by atoms with E-state index < -0.39 is 0 Å². The van der Waals surface area contributed by atoms with Crippen molar-refractivity contribution in [3.8, 4) is 17.2 Å². The summed E-state index contributed by atoms with van der Waals surface area (Å²) >= 11 is 0. The van der Waals surface area contributed by atoms with E-state index in [2.05, 4.69) is 18.8 Å². The molecule has 0 atom stereocenters. The summed E-state index contributed by atoms with van der Waals surface area (Å²) in [5, 5.41) is 3.51. The van der Waals surface area contributed by atoms with Gasteiger partial charge in [-0.1, -0.05) is 13.5 Å². The van der Waals surface area contributed by atoms with Crippen LogP contribution in [0, 0.1) is 0 Å². The van der Waals surface area contributed by atoms with Crippen LogP contribution in [0.1, 0.15) is 31.7 Å². The third-order valence-electron chi connectivity index (χ3n) is 3.65. The number of fused-ring (bicyclic) bond motifs is 1. The van der Waals surface area contributed by atoms with Gasteiger partial charge in [-0.2, -0.15) is 0 Å². The molecule has 1 aliphatic heterocycles. The summed E-state index contributed by atoms with van der Waals surface area (Å²) in [6, 6.07) is 4.61. The maximum Gasteiger partial charge on any atom is 0.231 e. The van der Waals surface area contributed by atoms with Crippen LogP contribution < -0.4 is 19.5 Å². The molecule has 0 spiro atoms. The number of hydrogen-bond acceptors (Lipinski definition) is 4. The van der Waals surface area contributed by atoms with E-state index in [-0.39, 0.29) is 6.79 Å². The zero-order chi connectivity index (χ0) is 13.9. The van der Waals surface area contributed by atoms with Crippen molar-refractivity contribution < 1.29 is 14.2 Å². The molecule has 1 aromatic rings. The third-order valence-corrected chi connectivity index (χ3v) is 3.65. The Hall–Kier alpha value is -1.68. The minimum Gasteiger partial charge on any atom is -0.489 e. The lowest BCUT2D eigenvalue weighted by Gasteiger charge is -2.14. The molecule has 1 N–H and O–H groups in total. The van der Waals surface area contributed by atoms with Gasteiger partial charge in [-0.05, 0) is 30.9 Å². The highest BCUT2D eigenvalue weighted by molar-refractivity contribution is 5.52. The van der Waals surface area contributed by atoms with Crippen LogP contribution in [-0.2, 0) is 6.54 Å². The molecule has 1 saturated carbocycles. The summed E-state index contributed by atoms with van der Waals surface area (Å²) in [6.45, 7) is 7.70. The molecule has 1 fully saturated rings. The predicted octanol–water partition coefficient (Wildman–Crippen LogP) is 3.01. The van der Waals surface area contributed by atoms with Gasteiger partial charge in [0.15, 0.2) is 11.5 Å². The van der Waals surface area contributed by atoms with E-state index in [1.54, 1.807) is 0 Å². The van der Waals surface area contributed by atoms with Crippen LogP contribution in [0.15, 0.2) is 24.3 Å². The van der Waals surface area contributed by atoms with E-state index in [0.29, 0.717) is 12.6 Å². The number of rotatable bonds is 7. The highest BCUT2D eigenvalue weighted by atomic mass is 16.7. The van der Waals surface area contributed by atoms with E-state index in [1.807, 2.05) is 12.1 Å². The first-order valence-corrected chi connectivity index (χ1v) is 7.21. The van der Waals surface area contributed by atoms with Crippen molar-refractivity contribution in [2.24, 2.45) is 0 Å². The van der Waals surface area contributed by atoms with Crippen LogP contribution in [0.25, 0.3) is 0 Å². The first kappa shape index (κ1) is 13.3. The Bertz CT molecular complexity index is 509. The standard InChI is InChI=1S/C16H21NO3/c1-3-11(2)9-18-14-7-16-15(19-10-20-16)6-12(14)8-17-13-4-5-13/h6-7,13,17H,2-5,8-10H2,1H3. The second-order valence-corrected chi connectivity index (χ2v) is 5.36. The Balaban J connectivity index is 1.74. The van der Waals surface area contributed by atoms with Gasteiger partial charge in [0.25, 0.3) is 0 Å². The SMILES string of the molecule is C=C(CC)COc1cc2c(cc1CNC1CC1)OCO2. The van der Waals surface area contributed by atoms with E-state index in [0.717, 1.165) is 41.4 Å². The quantitative estimate of drug-likeness (QED) is 0.776. The van der Waals surface area contributed by atoms with Crippen molar-refractivity contribution >= 4 is 0 Å². The molecule has 3 rings (SSSR count). The second kappa shape index (κ2) is 5.75. The molecule has 0 bridgehead atoms. The lowest BCUT2D eigenvalue weighted by Crippen LogP contribution is -2.16. The number of nitrogens with one attached hydrogen (secondary N) is 1. The molecule has 1 aromatic carbocycles. The van der Waals surface area contributed by atoms with Gasteiger partial charge in [-0.25, -0.2) is 0 Å². The molecule has 0 amide bonds. The molecule has 2 aliphatic rings. The lowest BCUT2D eigenvalue weighted by molar-refractivity contribution is 0.173. The minimum absolute atomic E-state index is 0.288. The van der Waals surface area contributed by atoms with E-state index >= 15 is 0 Å². The molecular formula is C16H21NO3. The number of hydrogen-bond donors (Lipinski definition) is 1. The molecule has 0 unspecified atom stereocenters. The largest absolute Gasteiger partial charge is 0.489 e. The van der Waals surface area contributed by atoms with Crippen LogP contribution in [0.5, 0.6) is 17.2 Å². The first-order chi connectivity index (χ1) is 9.76. The van der Waals surface area contributed by atoms with Crippen molar-refractivity contribution in [1.82, 2.24) is 5.32 Å². The second-order valence-electron chi connectivity index (χ2n) is 5.36. The van der Waals surface area contributed by atoms with Crippen molar-refractivity contribution in [1.29, 1.82) is 0 Å². The van der Waals surface area contributed by atoms with Crippen molar-refractivity contribution in [2.75, 3.05) is 13.4 Å². The van der Waals surface area contributed by atoms with Crippen LogP contribution in [0.4, 0.5) is 0 Å². The number of ether oxygens (including phenoxy) is 3. The Morgan fingerprint density at radius 3 is 2.80 bits per heavy atom. The van der Waals surface area contributed by atoms with E-state index in [1.165, 1.54) is 12.8 Å². The van der Waals surface area contributed by atoms with Crippen molar-refractivity contribution in [2.45, 2.75) is 38.8 Å². The normalized spacial score (nSPS) is 16.2. The highest BCUT2D eigenvalue weighted by Gasteiger charge is 2.22. The summed E-state index contributed by atoms with van der Waals surface area (Å²) in [7, 11) is 0. The maximum absolute atomic E-state index is 5.89.